The molecule has 0 saturated carbocycles. The van der Waals surface area contributed by atoms with Crippen molar-refractivity contribution in [3.8, 4) is 11.1 Å². The molecule has 0 spiro atoms. The number of carbonyl (C=O) groups is 2. The first kappa shape index (κ1) is 25.6. The highest BCUT2D eigenvalue weighted by molar-refractivity contribution is 5.90. The average molecular weight is 515 g/mol. The van der Waals surface area contributed by atoms with E-state index in [0.717, 1.165) is 12.3 Å². The minimum atomic E-state index is -4.57. The van der Waals surface area contributed by atoms with E-state index in [0.29, 0.717) is 22.4 Å². The van der Waals surface area contributed by atoms with Crippen LogP contribution in [-0.2, 0) is 15.7 Å². The van der Waals surface area contributed by atoms with E-state index in [2.05, 4.69) is 20.6 Å². The van der Waals surface area contributed by atoms with Crippen molar-refractivity contribution < 1.29 is 31.9 Å². The van der Waals surface area contributed by atoms with Crippen molar-refractivity contribution in [1.29, 1.82) is 0 Å². The molecule has 1 saturated heterocycles. The Hall–Kier alpha value is -4.48. The molecule has 4 rings (SSSR count). The molecule has 12 heteroatoms. The predicted molar refractivity (Wildman–Crippen MR) is 128 cm³/mol. The van der Waals surface area contributed by atoms with Crippen molar-refractivity contribution in [2.45, 2.75) is 19.2 Å². The highest BCUT2D eigenvalue weighted by Crippen LogP contribution is 2.30. The SMILES string of the molecule is CC(=O)NC[C@H]1CN(c2ccc(-c3ccc(/C=C/Nc4nccc(C(F)(F)F)n4)cc3)c(F)c2)C(=O)O1. The molecule has 0 aliphatic carbocycles. The Kier molecular flexibility index (Phi) is 7.37. The van der Waals surface area contributed by atoms with Crippen LogP contribution in [0.25, 0.3) is 17.2 Å². The van der Waals surface area contributed by atoms with Crippen molar-refractivity contribution in [3.63, 3.8) is 0 Å². The molecule has 1 aromatic heterocycles. The van der Waals surface area contributed by atoms with E-state index >= 15 is 0 Å². The lowest BCUT2D eigenvalue weighted by Gasteiger charge is -2.14. The zero-order valence-electron chi connectivity index (χ0n) is 19.4. The van der Waals surface area contributed by atoms with Gasteiger partial charge < -0.3 is 15.4 Å². The van der Waals surface area contributed by atoms with Gasteiger partial charge in [0.15, 0.2) is 0 Å². The van der Waals surface area contributed by atoms with Crippen LogP contribution in [0.5, 0.6) is 0 Å². The van der Waals surface area contributed by atoms with Gasteiger partial charge in [0.2, 0.25) is 11.9 Å². The minimum absolute atomic E-state index is 0.168. The first-order valence-electron chi connectivity index (χ1n) is 11.1. The number of rotatable bonds is 7. The van der Waals surface area contributed by atoms with E-state index in [9.17, 15) is 27.2 Å². The fourth-order valence-corrected chi connectivity index (χ4v) is 3.57. The first-order valence-corrected chi connectivity index (χ1v) is 11.1. The Balaban J connectivity index is 1.40. The summed E-state index contributed by atoms with van der Waals surface area (Å²) in [6.07, 6.45) is -1.72. The lowest BCUT2D eigenvalue weighted by molar-refractivity contribution is -0.141. The molecule has 2 N–H and O–H groups in total. The summed E-state index contributed by atoms with van der Waals surface area (Å²) in [6, 6.07) is 12.0. The van der Waals surface area contributed by atoms with Crippen LogP contribution in [0.3, 0.4) is 0 Å². The normalized spacial score (nSPS) is 15.6. The maximum Gasteiger partial charge on any atom is 0.433 e. The summed E-state index contributed by atoms with van der Waals surface area (Å²) >= 11 is 0. The molecule has 0 unspecified atom stereocenters. The number of carbonyl (C=O) groups excluding carboxylic acids is 2. The number of halogens is 4. The van der Waals surface area contributed by atoms with Crippen LogP contribution in [0.1, 0.15) is 18.2 Å². The second kappa shape index (κ2) is 10.6. The zero-order valence-corrected chi connectivity index (χ0v) is 19.4. The number of amides is 2. The van der Waals surface area contributed by atoms with Gasteiger partial charge in [-0.05, 0) is 41.5 Å². The number of benzene rings is 2. The van der Waals surface area contributed by atoms with E-state index in [1.807, 2.05) is 0 Å². The largest absolute Gasteiger partial charge is 0.442 e. The van der Waals surface area contributed by atoms with E-state index in [-0.39, 0.29) is 24.9 Å². The Bertz CT molecular complexity index is 1330. The maximum absolute atomic E-state index is 14.9. The maximum atomic E-state index is 14.9. The lowest BCUT2D eigenvalue weighted by Crippen LogP contribution is -2.33. The fraction of sp³-hybridized carbons (Fsp3) is 0.200. The van der Waals surface area contributed by atoms with Gasteiger partial charge in [-0.2, -0.15) is 13.2 Å². The van der Waals surface area contributed by atoms with Crippen LogP contribution in [0.15, 0.2) is 60.9 Å². The zero-order chi connectivity index (χ0) is 26.6. The Labute approximate surface area is 209 Å². The Morgan fingerprint density at radius 3 is 2.62 bits per heavy atom. The van der Waals surface area contributed by atoms with Crippen molar-refractivity contribution in [2.75, 3.05) is 23.3 Å². The molecule has 0 radical (unpaired) electrons. The van der Waals surface area contributed by atoms with Crippen molar-refractivity contribution in [2.24, 2.45) is 0 Å². The summed E-state index contributed by atoms with van der Waals surface area (Å²) in [5, 5.41) is 5.17. The van der Waals surface area contributed by atoms with Crippen LogP contribution in [0, 0.1) is 5.82 Å². The molecule has 8 nitrogen and oxygen atoms in total. The average Bonchev–Trinajstić information content (AvgIpc) is 3.23. The number of hydrogen-bond acceptors (Lipinski definition) is 6. The van der Waals surface area contributed by atoms with Gasteiger partial charge in [-0.25, -0.2) is 19.2 Å². The second-order valence-corrected chi connectivity index (χ2v) is 8.08. The van der Waals surface area contributed by atoms with Gasteiger partial charge in [-0.3, -0.25) is 9.69 Å². The predicted octanol–water partition coefficient (Wildman–Crippen LogP) is 4.85. The summed E-state index contributed by atoms with van der Waals surface area (Å²) in [5.41, 5.74) is 0.881. The van der Waals surface area contributed by atoms with E-state index in [1.165, 1.54) is 24.1 Å². The summed E-state index contributed by atoms with van der Waals surface area (Å²) in [6.45, 7) is 1.71. The molecule has 37 heavy (non-hydrogen) atoms. The number of hydrogen-bond donors (Lipinski definition) is 2. The monoisotopic (exact) mass is 515 g/mol. The second-order valence-electron chi connectivity index (χ2n) is 8.08. The number of aromatic nitrogens is 2. The van der Waals surface area contributed by atoms with E-state index in [4.69, 9.17) is 4.74 Å². The van der Waals surface area contributed by atoms with Gasteiger partial charge in [0.1, 0.15) is 17.6 Å². The lowest BCUT2D eigenvalue weighted by atomic mass is 10.0. The molecular weight excluding hydrogens is 494 g/mol. The number of anilines is 2. The summed E-state index contributed by atoms with van der Waals surface area (Å²) < 4.78 is 58.4. The van der Waals surface area contributed by atoms with Crippen LogP contribution in [-0.4, -0.2) is 41.2 Å². The molecule has 192 valence electrons. The van der Waals surface area contributed by atoms with Gasteiger partial charge in [0, 0.05) is 24.9 Å². The molecule has 0 bridgehead atoms. The van der Waals surface area contributed by atoms with Crippen molar-refractivity contribution >= 4 is 29.7 Å². The Morgan fingerprint density at radius 2 is 1.95 bits per heavy atom. The third-order valence-electron chi connectivity index (χ3n) is 5.37. The minimum Gasteiger partial charge on any atom is -0.442 e. The van der Waals surface area contributed by atoms with Gasteiger partial charge in [0.05, 0.1) is 18.8 Å². The highest BCUT2D eigenvalue weighted by atomic mass is 19.4. The van der Waals surface area contributed by atoms with Crippen LogP contribution in [0.4, 0.5) is 34.0 Å². The molecule has 1 atom stereocenters. The molecule has 1 fully saturated rings. The third-order valence-corrected chi connectivity index (χ3v) is 5.37. The Morgan fingerprint density at radius 1 is 1.19 bits per heavy atom. The molecule has 1 aliphatic heterocycles. The van der Waals surface area contributed by atoms with Crippen LogP contribution in [0.2, 0.25) is 0 Å². The molecule has 3 aromatic rings. The highest BCUT2D eigenvalue weighted by Gasteiger charge is 2.33. The van der Waals surface area contributed by atoms with Gasteiger partial charge in [0.25, 0.3) is 0 Å². The smallest absolute Gasteiger partial charge is 0.433 e. The third kappa shape index (κ3) is 6.40. The fourth-order valence-electron chi connectivity index (χ4n) is 3.57. The summed E-state index contributed by atoms with van der Waals surface area (Å²) in [7, 11) is 0. The summed E-state index contributed by atoms with van der Waals surface area (Å²) in [5.74, 6) is -0.983. The topological polar surface area (TPSA) is 96.5 Å². The molecule has 2 heterocycles. The molecule has 2 aromatic carbocycles. The molecular formula is C25H21F4N5O3. The number of nitrogens with zero attached hydrogens (tertiary/aromatic N) is 3. The quantitative estimate of drug-likeness (QED) is 0.437. The summed E-state index contributed by atoms with van der Waals surface area (Å²) in [4.78, 5) is 31.7. The van der Waals surface area contributed by atoms with E-state index in [1.54, 1.807) is 42.5 Å². The van der Waals surface area contributed by atoms with Gasteiger partial charge in [-0.1, -0.05) is 24.3 Å². The van der Waals surface area contributed by atoms with Crippen molar-refractivity contribution in [1.82, 2.24) is 15.3 Å². The van der Waals surface area contributed by atoms with E-state index < -0.39 is 29.9 Å². The van der Waals surface area contributed by atoms with Crippen LogP contribution < -0.4 is 15.5 Å². The van der Waals surface area contributed by atoms with Crippen LogP contribution >= 0.6 is 0 Å². The van der Waals surface area contributed by atoms with Crippen molar-refractivity contribution in [3.05, 3.63) is 78.0 Å². The number of nitrogens with one attached hydrogen (secondary N) is 2. The number of cyclic esters (lactones) is 1. The number of alkyl halides is 3. The van der Waals surface area contributed by atoms with Gasteiger partial charge in [-0.15, -0.1) is 0 Å². The number of ether oxygens (including phenoxy) is 1. The standard InChI is InChI=1S/C25H21F4N5O3/c1-15(35)32-13-19-14-34(24(36)37-19)18-6-7-20(21(26)12-18)17-4-2-16(3-5-17)8-10-30-23-31-11-9-22(33-23)25(27,28)29/h2-12,19H,13-14H2,1H3,(H,32,35)(H,30,31,33)/b10-8+/t19-/m0/s1. The molecule has 1 aliphatic rings. The first-order chi connectivity index (χ1) is 17.6. The van der Waals surface area contributed by atoms with Gasteiger partial charge >= 0.3 is 12.3 Å². The molecule has 2 amide bonds.